The maximum atomic E-state index is 5.39. The Kier molecular flexibility index (Phi) is 5.95. The predicted octanol–water partition coefficient (Wildman–Crippen LogP) is 2.84. The van der Waals surface area contributed by atoms with Crippen molar-refractivity contribution in [1.29, 1.82) is 0 Å². The number of hydrogen-bond acceptors (Lipinski definition) is 4. The van der Waals surface area contributed by atoms with Crippen LogP contribution < -0.4 is 5.32 Å². The molecule has 2 aliphatic rings. The second kappa shape index (κ2) is 8.15. The topological polar surface area (TPSA) is 42.3 Å². The van der Waals surface area contributed by atoms with Crippen molar-refractivity contribution in [2.75, 3.05) is 38.2 Å². The Hall–Kier alpha value is -1.07. The highest BCUT2D eigenvalue weighted by Crippen LogP contribution is 2.36. The van der Waals surface area contributed by atoms with E-state index in [0.717, 1.165) is 51.2 Å². The van der Waals surface area contributed by atoms with Crippen molar-refractivity contribution in [3.63, 3.8) is 0 Å². The van der Waals surface area contributed by atoms with Crippen LogP contribution in [0.15, 0.2) is 12.4 Å². The van der Waals surface area contributed by atoms with Gasteiger partial charge in [0.05, 0.1) is 31.6 Å². The second-order valence-electron chi connectivity index (χ2n) is 7.51. The second-order valence-corrected chi connectivity index (χ2v) is 7.51. The molecule has 0 amide bonds. The molecule has 0 spiro atoms. The van der Waals surface area contributed by atoms with E-state index in [9.17, 15) is 0 Å². The van der Waals surface area contributed by atoms with Crippen molar-refractivity contribution in [2.24, 2.45) is 11.8 Å². The SMILES string of the molecule is CC(C)CCC(Nc1cnn(CCN2CCOCC2)c1)C1CC1. The van der Waals surface area contributed by atoms with E-state index in [1.165, 1.54) is 31.4 Å². The van der Waals surface area contributed by atoms with E-state index in [1.807, 2.05) is 6.20 Å². The van der Waals surface area contributed by atoms with Crippen LogP contribution in [0.25, 0.3) is 0 Å². The number of aromatic nitrogens is 2. The van der Waals surface area contributed by atoms with Crippen LogP contribution in [-0.4, -0.2) is 53.6 Å². The summed E-state index contributed by atoms with van der Waals surface area (Å²) in [6.45, 7) is 10.5. The van der Waals surface area contributed by atoms with E-state index in [-0.39, 0.29) is 0 Å². The van der Waals surface area contributed by atoms with Crippen molar-refractivity contribution in [3.05, 3.63) is 12.4 Å². The van der Waals surface area contributed by atoms with Crippen LogP contribution in [-0.2, 0) is 11.3 Å². The number of morpholine rings is 1. The lowest BCUT2D eigenvalue weighted by Gasteiger charge is -2.26. The van der Waals surface area contributed by atoms with Crippen LogP contribution >= 0.6 is 0 Å². The molecule has 1 atom stereocenters. The third-order valence-corrected chi connectivity index (χ3v) is 4.98. The van der Waals surface area contributed by atoms with E-state index in [0.29, 0.717) is 6.04 Å². The van der Waals surface area contributed by atoms with Gasteiger partial charge in [0, 0.05) is 31.9 Å². The minimum absolute atomic E-state index is 0.634. The predicted molar refractivity (Wildman–Crippen MR) is 93.7 cm³/mol. The Morgan fingerprint density at radius 3 is 2.70 bits per heavy atom. The van der Waals surface area contributed by atoms with E-state index in [4.69, 9.17) is 4.74 Å². The van der Waals surface area contributed by atoms with Crippen molar-refractivity contribution < 1.29 is 4.74 Å². The zero-order valence-electron chi connectivity index (χ0n) is 14.7. The molecule has 2 fully saturated rings. The summed E-state index contributed by atoms with van der Waals surface area (Å²) in [4.78, 5) is 2.45. The minimum atomic E-state index is 0.634. The van der Waals surface area contributed by atoms with Crippen LogP contribution in [0.4, 0.5) is 5.69 Å². The number of hydrogen-bond donors (Lipinski definition) is 1. The molecule has 23 heavy (non-hydrogen) atoms. The van der Waals surface area contributed by atoms with Gasteiger partial charge >= 0.3 is 0 Å². The molecule has 2 heterocycles. The zero-order valence-corrected chi connectivity index (χ0v) is 14.7. The summed E-state index contributed by atoms with van der Waals surface area (Å²) in [7, 11) is 0. The van der Waals surface area contributed by atoms with E-state index in [1.54, 1.807) is 0 Å². The van der Waals surface area contributed by atoms with Gasteiger partial charge in [0.1, 0.15) is 0 Å². The first-order valence-electron chi connectivity index (χ1n) is 9.30. The van der Waals surface area contributed by atoms with E-state index >= 15 is 0 Å². The molecular weight excluding hydrogens is 288 g/mol. The molecule has 0 aromatic carbocycles. The molecule has 5 nitrogen and oxygen atoms in total. The molecule has 1 unspecified atom stereocenters. The van der Waals surface area contributed by atoms with Crippen LogP contribution in [0.5, 0.6) is 0 Å². The Bertz CT molecular complexity index is 463. The summed E-state index contributed by atoms with van der Waals surface area (Å²) in [6.07, 6.45) is 9.53. The third-order valence-electron chi connectivity index (χ3n) is 4.98. The van der Waals surface area contributed by atoms with Gasteiger partial charge in [0.2, 0.25) is 0 Å². The van der Waals surface area contributed by atoms with Crippen molar-refractivity contribution in [3.8, 4) is 0 Å². The summed E-state index contributed by atoms with van der Waals surface area (Å²) in [6, 6.07) is 0.634. The molecule has 1 aliphatic carbocycles. The average Bonchev–Trinajstić information content (AvgIpc) is 3.30. The molecule has 1 aromatic rings. The Balaban J connectivity index is 1.45. The molecule has 1 saturated carbocycles. The quantitative estimate of drug-likeness (QED) is 0.760. The summed E-state index contributed by atoms with van der Waals surface area (Å²) >= 11 is 0. The lowest BCUT2D eigenvalue weighted by atomic mass is 10.0. The fourth-order valence-electron chi connectivity index (χ4n) is 3.28. The van der Waals surface area contributed by atoms with Gasteiger partial charge < -0.3 is 10.1 Å². The third kappa shape index (κ3) is 5.50. The maximum Gasteiger partial charge on any atom is 0.0728 e. The summed E-state index contributed by atoms with van der Waals surface area (Å²) in [5, 5.41) is 8.26. The highest BCUT2D eigenvalue weighted by molar-refractivity contribution is 5.39. The Labute approximate surface area is 140 Å². The zero-order chi connectivity index (χ0) is 16.1. The lowest BCUT2D eigenvalue weighted by molar-refractivity contribution is 0.0360. The first-order chi connectivity index (χ1) is 11.2. The smallest absolute Gasteiger partial charge is 0.0728 e. The summed E-state index contributed by atoms with van der Waals surface area (Å²) < 4.78 is 7.47. The molecule has 0 radical (unpaired) electrons. The van der Waals surface area contributed by atoms with Gasteiger partial charge in [-0.2, -0.15) is 5.10 Å². The molecule has 5 heteroatoms. The summed E-state index contributed by atoms with van der Waals surface area (Å²) in [5.74, 6) is 1.67. The highest BCUT2D eigenvalue weighted by Gasteiger charge is 2.31. The van der Waals surface area contributed by atoms with E-state index < -0.39 is 0 Å². The molecule has 130 valence electrons. The number of rotatable bonds is 9. The standard InChI is InChI=1S/C18H32N4O/c1-15(2)3-6-18(16-4-5-16)20-17-13-19-22(14-17)8-7-21-9-11-23-12-10-21/h13-16,18,20H,3-12H2,1-2H3. The molecular formula is C18H32N4O. The first-order valence-corrected chi connectivity index (χ1v) is 9.30. The molecule has 3 rings (SSSR count). The Morgan fingerprint density at radius 2 is 2.00 bits per heavy atom. The maximum absolute atomic E-state index is 5.39. The minimum Gasteiger partial charge on any atom is -0.379 e. The number of nitrogens with zero attached hydrogens (tertiary/aromatic N) is 3. The van der Waals surface area contributed by atoms with Crippen LogP contribution in [0.3, 0.4) is 0 Å². The van der Waals surface area contributed by atoms with Gasteiger partial charge in [-0.3, -0.25) is 9.58 Å². The van der Waals surface area contributed by atoms with Crippen molar-refractivity contribution in [2.45, 2.75) is 52.1 Å². The van der Waals surface area contributed by atoms with Crippen LogP contribution in [0.1, 0.15) is 39.5 Å². The molecule has 1 N–H and O–H groups in total. The first kappa shape index (κ1) is 16.8. The van der Waals surface area contributed by atoms with Gasteiger partial charge in [-0.15, -0.1) is 0 Å². The number of anilines is 1. The molecule has 1 aromatic heterocycles. The number of ether oxygens (including phenoxy) is 1. The van der Waals surface area contributed by atoms with Gasteiger partial charge in [0.25, 0.3) is 0 Å². The average molecular weight is 320 g/mol. The van der Waals surface area contributed by atoms with E-state index in [2.05, 4.69) is 40.0 Å². The molecule has 1 aliphatic heterocycles. The lowest BCUT2D eigenvalue weighted by Crippen LogP contribution is -2.38. The molecule has 1 saturated heterocycles. The van der Waals surface area contributed by atoms with Crippen molar-refractivity contribution in [1.82, 2.24) is 14.7 Å². The highest BCUT2D eigenvalue weighted by atomic mass is 16.5. The fourth-order valence-corrected chi connectivity index (χ4v) is 3.28. The van der Waals surface area contributed by atoms with Gasteiger partial charge in [-0.1, -0.05) is 13.8 Å². The van der Waals surface area contributed by atoms with Gasteiger partial charge in [-0.05, 0) is 37.5 Å². The van der Waals surface area contributed by atoms with Gasteiger partial charge in [0.15, 0.2) is 0 Å². The summed E-state index contributed by atoms with van der Waals surface area (Å²) in [5.41, 5.74) is 1.19. The van der Waals surface area contributed by atoms with Crippen LogP contribution in [0, 0.1) is 11.8 Å². The van der Waals surface area contributed by atoms with Crippen LogP contribution in [0.2, 0.25) is 0 Å². The monoisotopic (exact) mass is 320 g/mol. The normalized spacial score (nSPS) is 20.8. The Morgan fingerprint density at radius 1 is 1.22 bits per heavy atom. The molecule has 0 bridgehead atoms. The fraction of sp³-hybridized carbons (Fsp3) is 0.833. The largest absolute Gasteiger partial charge is 0.379 e. The van der Waals surface area contributed by atoms with Gasteiger partial charge in [-0.25, -0.2) is 0 Å². The number of nitrogens with one attached hydrogen (secondary N) is 1. The van der Waals surface area contributed by atoms with Crippen molar-refractivity contribution >= 4 is 5.69 Å².